The Hall–Kier alpha value is -2.84. The molecule has 0 aliphatic rings. The highest BCUT2D eigenvalue weighted by atomic mass is 16.3. The highest BCUT2D eigenvalue weighted by molar-refractivity contribution is 5.96. The van der Waals surface area contributed by atoms with Crippen molar-refractivity contribution in [3.8, 4) is 11.1 Å². The average Bonchev–Trinajstić information content (AvgIpc) is 3.04. The van der Waals surface area contributed by atoms with Gasteiger partial charge in [0.05, 0.1) is 6.54 Å². The van der Waals surface area contributed by atoms with Gasteiger partial charge in [-0.2, -0.15) is 0 Å². The van der Waals surface area contributed by atoms with E-state index in [2.05, 4.69) is 92.0 Å². The molecule has 0 saturated carbocycles. The van der Waals surface area contributed by atoms with Crippen molar-refractivity contribution in [2.45, 2.75) is 26.8 Å². The quantitative estimate of drug-likeness (QED) is 0.426. The van der Waals surface area contributed by atoms with Crippen LogP contribution >= 0.6 is 0 Å². The van der Waals surface area contributed by atoms with Crippen LogP contribution in [0.3, 0.4) is 0 Å². The Bertz CT molecular complexity index is 1030. The number of rotatable bonds is 6. The van der Waals surface area contributed by atoms with Crippen molar-refractivity contribution >= 4 is 11.0 Å². The predicted octanol–water partition coefficient (Wildman–Crippen LogP) is 6.05. The van der Waals surface area contributed by atoms with Crippen LogP contribution in [-0.2, 0) is 13.0 Å². The molecule has 0 bridgehead atoms. The number of nitrogens with one attached hydrogen (secondary N) is 1. The van der Waals surface area contributed by atoms with Crippen LogP contribution in [0.4, 0.5) is 0 Å². The van der Waals surface area contributed by atoms with E-state index in [-0.39, 0.29) is 0 Å². The van der Waals surface area contributed by atoms with Gasteiger partial charge in [-0.05, 0) is 50.1 Å². The van der Waals surface area contributed by atoms with Crippen molar-refractivity contribution < 1.29 is 4.42 Å². The maximum Gasteiger partial charge on any atom is 0.135 e. The first-order valence-corrected chi connectivity index (χ1v) is 9.54. The van der Waals surface area contributed by atoms with E-state index in [0.29, 0.717) is 0 Å². The second kappa shape index (κ2) is 7.81. The first-order chi connectivity index (χ1) is 13.2. The van der Waals surface area contributed by atoms with Crippen LogP contribution in [0.2, 0.25) is 0 Å². The molecule has 0 aliphatic heterocycles. The Kier molecular flexibility index (Phi) is 5.08. The fraction of sp³-hybridized carbons (Fsp3) is 0.200. The predicted molar refractivity (Wildman–Crippen MR) is 113 cm³/mol. The number of benzene rings is 3. The molecule has 136 valence electrons. The minimum atomic E-state index is 0.726. The summed E-state index contributed by atoms with van der Waals surface area (Å²) in [6.45, 7) is 5.90. The van der Waals surface area contributed by atoms with Gasteiger partial charge >= 0.3 is 0 Å². The van der Waals surface area contributed by atoms with Gasteiger partial charge in [-0.15, -0.1) is 0 Å². The Morgan fingerprint density at radius 1 is 0.815 bits per heavy atom. The summed E-state index contributed by atoms with van der Waals surface area (Å²) in [4.78, 5) is 0. The first-order valence-electron chi connectivity index (χ1n) is 9.54. The van der Waals surface area contributed by atoms with Gasteiger partial charge < -0.3 is 9.73 Å². The van der Waals surface area contributed by atoms with Gasteiger partial charge in [-0.25, -0.2) is 0 Å². The topological polar surface area (TPSA) is 25.2 Å². The summed E-state index contributed by atoms with van der Waals surface area (Å²) < 4.78 is 6.23. The molecule has 1 aromatic heterocycles. The smallest absolute Gasteiger partial charge is 0.135 e. The zero-order valence-corrected chi connectivity index (χ0v) is 16.0. The van der Waals surface area contributed by atoms with E-state index in [4.69, 9.17) is 4.42 Å². The van der Waals surface area contributed by atoms with Crippen LogP contribution in [0, 0.1) is 13.8 Å². The minimum Gasteiger partial charge on any atom is -0.459 e. The minimum absolute atomic E-state index is 0.726. The molecule has 0 unspecified atom stereocenters. The van der Waals surface area contributed by atoms with Gasteiger partial charge in [-0.3, -0.25) is 0 Å². The third kappa shape index (κ3) is 3.96. The zero-order chi connectivity index (χ0) is 18.6. The summed E-state index contributed by atoms with van der Waals surface area (Å²) in [5.74, 6) is 1.01. The third-order valence-corrected chi connectivity index (χ3v) is 4.98. The van der Waals surface area contributed by atoms with Crippen LogP contribution in [0.5, 0.6) is 0 Å². The summed E-state index contributed by atoms with van der Waals surface area (Å²) in [6, 6.07) is 25.7. The van der Waals surface area contributed by atoms with Crippen molar-refractivity contribution in [3.05, 3.63) is 95.2 Å². The molecule has 27 heavy (non-hydrogen) atoms. The first kappa shape index (κ1) is 17.6. The van der Waals surface area contributed by atoms with E-state index >= 15 is 0 Å². The summed E-state index contributed by atoms with van der Waals surface area (Å²) in [5.41, 5.74) is 7.25. The maximum atomic E-state index is 6.23. The molecule has 0 saturated heterocycles. The van der Waals surface area contributed by atoms with Crippen LogP contribution < -0.4 is 5.32 Å². The van der Waals surface area contributed by atoms with Gasteiger partial charge in [-0.1, -0.05) is 71.8 Å². The maximum absolute atomic E-state index is 6.23. The molecule has 1 heterocycles. The van der Waals surface area contributed by atoms with Crippen LogP contribution in [-0.4, -0.2) is 6.54 Å². The fourth-order valence-corrected chi connectivity index (χ4v) is 3.50. The van der Waals surface area contributed by atoms with E-state index < -0.39 is 0 Å². The number of furan rings is 1. The van der Waals surface area contributed by atoms with Crippen molar-refractivity contribution in [3.63, 3.8) is 0 Å². The van der Waals surface area contributed by atoms with Crippen LogP contribution in [0.15, 0.2) is 77.2 Å². The van der Waals surface area contributed by atoms with E-state index in [9.17, 15) is 0 Å². The Morgan fingerprint density at radius 2 is 1.56 bits per heavy atom. The number of hydrogen-bond donors (Lipinski definition) is 1. The lowest BCUT2D eigenvalue weighted by molar-refractivity contribution is 0.516. The molecule has 2 heteroatoms. The molecule has 0 spiro atoms. The molecule has 3 aromatic carbocycles. The van der Waals surface area contributed by atoms with Gasteiger partial charge in [0.25, 0.3) is 0 Å². The summed E-state index contributed by atoms with van der Waals surface area (Å²) in [6.07, 6.45) is 1.01. The molecule has 2 nitrogen and oxygen atoms in total. The Labute approximate surface area is 160 Å². The highest BCUT2D eigenvalue weighted by Gasteiger charge is 2.15. The standard InChI is InChI=1S/C25H25NO/c1-18-8-11-21(12-9-18)25-22-16-19(2)10-13-23(22)27-24(25)17-26-15-14-20-6-4-3-5-7-20/h3-13,16,26H,14-15,17H2,1-2H3. The van der Waals surface area contributed by atoms with Crippen LogP contribution in [0.25, 0.3) is 22.1 Å². The van der Waals surface area contributed by atoms with E-state index in [0.717, 1.165) is 30.9 Å². The molecule has 1 N–H and O–H groups in total. The lowest BCUT2D eigenvalue weighted by Crippen LogP contribution is -2.16. The second-order valence-electron chi connectivity index (χ2n) is 7.18. The molecule has 0 atom stereocenters. The van der Waals surface area contributed by atoms with Gasteiger partial charge in [0.2, 0.25) is 0 Å². The molecule has 4 rings (SSSR count). The SMILES string of the molecule is Cc1ccc(-c2c(CNCCc3ccccc3)oc3ccc(C)cc23)cc1. The molecule has 0 amide bonds. The van der Waals surface area contributed by atoms with Gasteiger partial charge in [0.1, 0.15) is 11.3 Å². The number of fused-ring (bicyclic) bond motifs is 1. The lowest BCUT2D eigenvalue weighted by Gasteiger charge is -2.07. The largest absolute Gasteiger partial charge is 0.459 e. The second-order valence-corrected chi connectivity index (χ2v) is 7.18. The Balaban J connectivity index is 1.59. The molecular formula is C25H25NO. The molecule has 0 radical (unpaired) electrons. The Morgan fingerprint density at radius 3 is 2.33 bits per heavy atom. The number of aryl methyl sites for hydroxylation is 2. The monoisotopic (exact) mass is 355 g/mol. The molecule has 4 aromatic rings. The van der Waals surface area contributed by atoms with Crippen molar-refractivity contribution in [2.75, 3.05) is 6.54 Å². The van der Waals surface area contributed by atoms with Gasteiger partial charge in [0.15, 0.2) is 0 Å². The van der Waals surface area contributed by atoms with Crippen molar-refractivity contribution in [2.24, 2.45) is 0 Å². The van der Waals surface area contributed by atoms with Crippen LogP contribution in [0.1, 0.15) is 22.5 Å². The van der Waals surface area contributed by atoms with E-state index in [1.807, 2.05) is 0 Å². The average molecular weight is 355 g/mol. The summed E-state index contributed by atoms with van der Waals surface area (Å²) in [7, 11) is 0. The molecular weight excluding hydrogens is 330 g/mol. The van der Waals surface area contributed by atoms with Crippen molar-refractivity contribution in [1.82, 2.24) is 5.32 Å². The van der Waals surface area contributed by atoms with Gasteiger partial charge in [0, 0.05) is 10.9 Å². The summed E-state index contributed by atoms with van der Waals surface area (Å²) >= 11 is 0. The normalized spacial score (nSPS) is 11.2. The highest BCUT2D eigenvalue weighted by Crippen LogP contribution is 2.35. The van der Waals surface area contributed by atoms with Crippen molar-refractivity contribution in [1.29, 1.82) is 0 Å². The molecule has 0 fully saturated rings. The van der Waals surface area contributed by atoms with E-state index in [1.54, 1.807) is 0 Å². The number of hydrogen-bond acceptors (Lipinski definition) is 2. The van der Waals surface area contributed by atoms with E-state index in [1.165, 1.54) is 33.2 Å². The third-order valence-electron chi connectivity index (χ3n) is 4.98. The zero-order valence-electron chi connectivity index (χ0n) is 16.0. The summed E-state index contributed by atoms with van der Waals surface area (Å²) in [5, 5.41) is 4.75. The molecule has 0 aliphatic carbocycles. The lowest BCUT2D eigenvalue weighted by atomic mass is 9.99. The fourth-order valence-electron chi connectivity index (χ4n) is 3.50.